The van der Waals surface area contributed by atoms with E-state index in [1.54, 1.807) is 31.2 Å². The van der Waals surface area contributed by atoms with Crippen molar-refractivity contribution in [1.82, 2.24) is 0 Å². The van der Waals surface area contributed by atoms with Crippen molar-refractivity contribution in [2.75, 3.05) is 0 Å². The molecule has 1 unspecified atom stereocenters. The van der Waals surface area contributed by atoms with Crippen LogP contribution < -0.4 is 4.74 Å². The van der Waals surface area contributed by atoms with Crippen molar-refractivity contribution in [3.8, 4) is 5.75 Å². The van der Waals surface area contributed by atoms with Gasteiger partial charge in [0.15, 0.2) is 11.9 Å². The van der Waals surface area contributed by atoms with Gasteiger partial charge in [-0.1, -0.05) is 31.2 Å². The lowest BCUT2D eigenvalue weighted by Gasteiger charge is -2.14. The van der Waals surface area contributed by atoms with E-state index in [0.717, 1.165) is 6.42 Å². The zero-order chi connectivity index (χ0) is 20.1. The molecule has 4 heteroatoms. The summed E-state index contributed by atoms with van der Waals surface area (Å²) in [7, 11) is 0. The summed E-state index contributed by atoms with van der Waals surface area (Å²) in [6, 6.07) is 19.5. The quantitative estimate of drug-likeness (QED) is 0.528. The molecule has 0 aliphatic rings. The minimum absolute atomic E-state index is 0.103. The number of aryl methyl sites for hydroxylation is 1. The van der Waals surface area contributed by atoms with Gasteiger partial charge in [-0.05, 0) is 67.4 Å². The van der Waals surface area contributed by atoms with E-state index in [-0.39, 0.29) is 17.4 Å². The second kappa shape index (κ2) is 8.61. The van der Waals surface area contributed by atoms with Crippen molar-refractivity contribution in [3.63, 3.8) is 0 Å². The number of benzene rings is 3. The van der Waals surface area contributed by atoms with Gasteiger partial charge in [-0.15, -0.1) is 0 Å². The lowest BCUT2D eigenvalue weighted by molar-refractivity contribution is 0.0817. The van der Waals surface area contributed by atoms with E-state index in [9.17, 15) is 14.0 Å². The van der Waals surface area contributed by atoms with Crippen molar-refractivity contribution < 1.29 is 18.7 Å². The summed E-state index contributed by atoms with van der Waals surface area (Å²) in [6.07, 6.45) is 0.273. The van der Waals surface area contributed by atoms with Crippen LogP contribution in [0, 0.1) is 5.82 Å². The number of Topliss-reactive ketones (excluding diaryl/α,β-unsaturated/α-hetero) is 1. The molecule has 28 heavy (non-hydrogen) atoms. The third-order valence-electron chi connectivity index (χ3n) is 4.55. The Labute approximate surface area is 163 Å². The maximum absolute atomic E-state index is 13.0. The van der Waals surface area contributed by atoms with E-state index in [0.29, 0.717) is 22.4 Å². The number of rotatable bonds is 7. The Morgan fingerprint density at radius 1 is 0.821 bits per heavy atom. The molecule has 0 spiro atoms. The molecule has 0 aliphatic carbocycles. The lowest BCUT2D eigenvalue weighted by Crippen LogP contribution is -2.23. The second-order valence-corrected chi connectivity index (χ2v) is 6.54. The SMILES string of the molecule is CCc1ccc(C(=O)C(C)Oc2ccc(C(=O)c3ccc(F)cc3)cc2)cc1. The van der Waals surface area contributed by atoms with E-state index in [1.807, 2.05) is 24.3 Å². The maximum atomic E-state index is 13.0. The van der Waals surface area contributed by atoms with Crippen molar-refractivity contribution >= 4 is 11.6 Å². The van der Waals surface area contributed by atoms with E-state index in [4.69, 9.17) is 4.74 Å². The average Bonchev–Trinajstić information content (AvgIpc) is 2.74. The van der Waals surface area contributed by atoms with Crippen LogP contribution >= 0.6 is 0 Å². The van der Waals surface area contributed by atoms with Crippen LogP contribution in [0.3, 0.4) is 0 Å². The van der Waals surface area contributed by atoms with Gasteiger partial charge in [0.2, 0.25) is 5.78 Å². The molecule has 0 heterocycles. The van der Waals surface area contributed by atoms with Gasteiger partial charge in [0.25, 0.3) is 0 Å². The predicted molar refractivity (Wildman–Crippen MR) is 107 cm³/mol. The van der Waals surface area contributed by atoms with Crippen LogP contribution in [0.4, 0.5) is 4.39 Å². The fourth-order valence-corrected chi connectivity index (χ4v) is 2.85. The number of carbonyl (C=O) groups excluding carboxylic acids is 2. The Morgan fingerprint density at radius 3 is 1.86 bits per heavy atom. The number of ether oxygens (including phenoxy) is 1. The first kappa shape index (κ1) is 19.5. The molecule has 3 aromatic carbocycles. The summed E-state index contributed by atoms with van der Waals surface area (Å²) in [6.45, 7) is 3.76. The molecule has 142 valence electrons. The Morgan fingerprint density at radius 2 is 1.32 bits per heavy atom. The van der Waals surface area contributed by atoms with Crippen molar-refractivity contribution in [2.45, 2.75) is 26.4 Å². The molecular weight excluding hydrogens is 355 g/mol. The van der Waals surface area contributed by atoms with Gasteiger partial charge in [-0.3, -0.25) is 9.59 Å². The van der Waals surface area contributed by atoms with Crippen LogP contribution in [0.2, 0.25) is 0 Å². The van der Waals surface area contributed by atoms with Gasteiger partial charge < -0.3 is 4.74 Å². The highest BCUT2D eigenvalue weighted by molar-refractivity contribution is 6.09. The number of hydrogen-bond donors (Lipinski definition) is 0. The topological polar surface area (TPSA) is 43.4 Å². The number of hydrogen-bond acceptors (Lipinski definition) is 3. The van der Waals surface area contributed by atoms with Crippen molar-refractivity contribution in [3.05, 3.63) is 101 Å². The minimum atomic E-state index is -0.647. The van der Waals surface area contributed by atoms with Crippen molar-refractivity contribution in [2.24, 2.45) is 0 Å². The summed E-state index contributed by atoms with van der Waals surface area (Å²) >= 11 is 0. The third kappa shape index (κ3) is 4.52. The van der Waals surface area contributed by atoms with Crippen LogP contribution in [0.25, 0.3) is 0 Å². The second-order valence-electron chi connectivity index (χ2n) is 6.54. The Kier molecular flexibility index (Phi) is 5.99. The molecule has 3 aromatic rings. The molecule has 0 fully saturated rings. The van der Waals surface area contributed by atoms with Crippen LogP contribution in [0.1, 0.15) is 45.7 Å². The molecule has 1 atom stereocenters. The highest BCUT2D eigenvalue weighted by Crippen LogP contribution is 2.18. The molecule has 0 saturated carbocycles. The minimum Gasteiger partial charge on any atom is -0.483 e. The molecule has 0 amide bonds. The van der Waals surface area contributed by atoms with Crippen LogP contribution in [0.5, 0.6) is 5.75 Å². The summed E-state index contributed by atoms with van der Waals surface area (Å²) in [5.74, 6) is -0.189. The van der Waals surface area contributed by atoms with Gasteiger partial charge >= 0.3 is 0 Å². The van der Waals surface area contributed by atoms with Gasteiger partial charge in [0.05, 0.1) is 0 Å². The molecule has 3 rings (SSSR count). The zero-order valence-electron chi connectivity index (χ0n) is 15.8. The normalized spacial score (nSPS) is 11.7. The van der Waals surface area contributed by atoms with E-state index in [1.165, 1.54) is 29.8 Å². The Bertz CT molecular complexity index is 958. The summed E-state index contributed by atoms with van der Waals surface area (Å²) in [4.78, 5) is 24.9. The van der Waals surface area contributed by atoms with E-state index >= 15 is 0 Å². The standard InChI is InChI=1S/C24H21FO3/c1-3-17-4-6-18(7-5-17)23(26)16(2)28-22-14-10-20(11-15-22)24(27)19-8-12-21(25)13-9-19/h4-16H,3H2,1-2H3. The number of halogens is 1. The fraction of sp³-hybridized carbons (Fsp3) is 0.167. The fourth-order valence-electron chi connectivity index (χ4n) is 2.85. The summed E-state index contributed by atoms with van der Waals surface area (Å²) in [5.41, 5.74) is 2.65. The predicted octanol–water partition coefficient (Wildman–Crippen LogP) is 5.27. The van der Waals surface area contributed by atoms with Crippen LogP contribution in [-0.2, 0) is 6.42 Å². The third-order valence-corrected chi connectivity index (χ3v) is 4.55. The average molecular weight is 376 g/mol. The van der Waals surface area contributed by atoms with Gasteiger partial charge in [0, 0.05) is 16.7 Å². The molecule has 0 bridgehead atoms. The summed E-state index contributed by atoms with van der Waals surface area (Å²) < 4.78 is 18.7. The van der Waals surface area contributed by atoms with Crippen molar-refractivity contribution in [1.29, 1.82) is 0 Å². The Balaban J connectivity index is 1.66. The molecule has 0 aliphatic heterocycles. The van der Waals surface area contributed by atoms with Gasteiger partial charge in [-0.25, -0.2) is 4.39 Å². The highest BCUT2D eigenvalue weighted by Gasteiger charge is 2.17. The molecule has 0 N–H and O–H groups in total. The molecule has 0 aromatic heterocycles. The molecule has 0 saturated heterocycles. The first-order valence-corrected chi connectivity index (χ1v) is 9.18. The van der Waals surface area contributed by atoms with Crippen LogP contribution in [0.15, 0.2) is 72.8 Å². The first-order chi connectivity index (χ1) is 13.5. The van der Waals surface area contributed by atoms with E-state index in [2.05, 4.69) is 6.92 Å². The summed E-state index contributed by atoms with van der Waals surface area (Å²) in [5, 5.41) is 0. The zero-order valence-corrected chi connectivity index (χ0v) is 15.8. The Hall–Kier alpha value is -3.27. The largest absolute Gasteiger partial charge is 0.483 e. The molecular formula is C24H21FO3. The monoisotopic (exact) mass is 376 g/mol. The molecule has 3 nitrogen and oxygen atoms in total. The van der Waals surface area contributed by atoms with Gasteiger partial charge in [-0.2, -0.15) is 0 Å². The number of ketones is 2. The first-order valence-electron chi connectivity index (χ1n) is 9.18. The highest BCUT2D eigenvalue weighted by atomic mass is 19.1. The van der Waals surface area contributed by atoms with Gasteiger partial charge in [0.1, 0.15) is 11.6 Å². The van der Waals surface area contributed by atoms with Crippen LogP contribution in [-0.4, -0.2) is 17.7 Å². The number of carbonyl (C=O) groups is 2. The maximum Gasteiger partial charge on any atom is 0.202 e. The molecule has 0 radical (unpaired) electrons. The smallest absolute Gasteiger partial charge is 0.202 e. The lowest BCUT2D eigenvalue weighted by atomic mass is 10.0. The van der Waals surface area contributed by atoms with E-state index < -0.39 is 6.10 Å².